The molecule has 0 unspecified atom stereocenters. The van der Waals surface area contributed by atoms with Crippen LogP contribution in [0.1, 0.15) is 10.4 Å². The summed E-state index contributed by atoms with van der Waals surface area (Å²) in [7, 11) is 0. The molecule has 0 saturated carbocycles. The highest BCUT2D eigenvalue weighted by molar-refractivity contribution is 5.99. The fraction of sp³-hybridized carbons (Fsp3) is 0.0500. The first-order valence-electron chi connectivity index (χ1n) is 7.74. The summed E-state index contributed by atoms with van der Waals surface area (Å²) in [6.07, 6.45) is 0. The van der Waals surface area contributed by atoms with Crippen molar-refractivity contribution in [2.24, 2.45) is 0 Å². The van der Waals surface area contributed by atoms with Crippen molar-refractivity contribution in [3.05, 3.63) is 78.4 Å². The molecule has 0 radical (unpaired) electrons. The van der Waals surface area contributed by atoms with Crippen LogP contribution in [-0.2, 0) is 0 Å². The van der Waals surface area contributed by atoms with Gasteiger partial charge >= 0.3 is 0 Å². The summed E-state index contributed by atoms with van der Waals surface area (Å²) < 4.78 is 5.84. The van der Waals surface area contributed by atoms with Gasteiger partial charge in [-0.3, -0.25) is 4.79 Å². The number of carbonyl (C=O) groups excluding carboxylic acids is 1. The van der Waals surface area contributed by atoms with Crippen molar-refractivity contribution in [3.8, 4) is 23.0 Å². The highest BCUT2D eigenvalue weighted by atomic mass is 16.5. The van der Waals surface area contributed by atoms with Gasteiger partial charge in [-0.2, -0.15) is 0 Å². The number of hydrogen-bond donors (Lipinski definition) is 3. The van der Waals surface area contributed by atoms with Crippen LogP contribution in [0.3, 0.4) is 0 Å². The fourth-order valence-corrected chi connectivity index (χ4v) is 2.29. The lowest BCUT2D eigenvalue weighted by molar-refractivity contribution is 0.101. The van der Waals surface area contributed by atoms with E-state index in [0.29, 0.717) is 22.7 Å². The van der Waals surface area contributed by atoms with E-state index in [0.717, 1.165) is 0 Å². The van der Waals surface area contributed by atoms with E-state index in [1.54, 1.807) is 0 Å². The molecule has 0 amide bonds. The molecule has 0 aliphatic carbocycles. The van der Waals surface area contributed by atoms with Crippen molar-refractivity contribution in [1.29, 1.82) is 0 Å². The van der Waals surface area contributed by atoms with Gasteiger partial charge in [-0.1, -0.05) is 30.3 Å². The second-order valence-corrected chi connectivity index (χ2v) is 5.39. The van der Waals surface area contributed by atoms with Crippen LogP contribution in [0.25, 0.3) is 0 Å². The summed E-state index contributed by atoms with van der Waals surface area (Å²) in [5.41, 5.74) is 0.993. The van der Waals surface area contributed by atoms with Gasteiger partial charge in [-0.25, -0.2) is 0 Å². The first-order chi connectivity index (χ1) is 12.1. The first kappa shape index (κ1) is 16.4. The van der Waals surface area contributed by atoms with Gasteiger partial charge in [-0.15, -0.1) is 0 Å². The number of nitrogens with one attached hydrogen (secondary N) is 1. The zero-order valence-corrected chi connectivity index (χ0v) is 13.3. The lowest BCUT2D eigenvalue weighted by atomic mass is 10.1. The number of phenolic OH excluding ortho intramolecular Hbond substituents is 2. The molecular formula is C20H17NO4. The number of aromatic hydroxyl groups is 2. The van der Waals surface area contributed by atoms with Crippen LogP contribution < -0.4 is 10.1 Å². The Kier molecular flexibility index (Phi) is 4.85. The zero-order valence-electron chi connectivity index (χ0n) is 13.3. The predicted molar refractivity (Wildman–Crippen MR) is 95.5 cm³/mol. The minimum Gasteiger partial charge on any atom is -0.504 e. The number of phenols is 2. The number of ketones is 1. The summed E-state index contributed by atoms with van der Waals surface area (Å²) in [6, 6.07) is 20.7. The van der Waals surface area contributed by atoms with Crippen LogP contribution in [0, 0.1) is 0 Å². The van der Waals surface area contributed by atoms with Gasteiger partial charge in [0, 0.05) is 5.56 Å². The second-order valence-electron chi connectivity index (χ2n) is 5.39. The van der Waals surface area contributed by atoms with Gasteiger partial charge in [-0.05, 0) is 42.5 Å². The third-order valence-electron chi connectivity index (χ3n) is 3.59. The topological polar surface area (TPSA) is 78.8 Å². The molecule has 0 aliphatic rings. The number of benzene rings is 3. The molecule has 0 aromatic heterocycles. The maximum absolute atomic E-state index is 12.3. The van der Waals surface area contributed by atoms with Crippen molar-refractivity contribution in [1.82, 2.24) is 0 Å². The monoisotopic (exact) mass is 335 g/mol. The Bertz CT molecular complexity index is 878. The van der Waals surface area contributed by atoms with Crippen LogP contribution in [-0.4, -0.2) is 22.5 Å². The fourth-order valence-electron chi connectivity index (χ4n) is 2.29. The maximum atomic E-state index is 12.3. The molecule has 5 nitrogen and oxygen atoms in total. The Morgan fingerprint density at radius 3 is 2.36 bits per heavy atom. The lowest BCUT2D eigenvalue weighted by Gasteiger charge is -2.12. The second kappa shape index (κ2) is 7.40. The Labute approximate surface area is 145 Å². The zero-order chi connectivity index (χ0) is 17.6. The van der Waals surface area contributed by atoms with Crippen LogP contribution in [0.2, 0.25) is 0 Å². The van der Waals surface area contributed by atoms with Crippen molar-refractivity contribution in [2.75, 3.05) is 11.9 Å². The molecule has 0 aliphatic heterocycles. The molecule has 126 valence electrons. The number of anilines is 1. The molecule has 5 heteroatoms. The van der Waals surface area contributed by atoms with E-state index in [9.17, 15) is 15.0 Å². The van der Waals surface area contributed by atoms with Crippen LogP contribution in [0.4, 0.5) is 5.69 Å². The Morgan fingerprint density at radius 2 is 1.60 bits per heavy atom. The molecule has 3 aromatic carbocycles. The van der Waals surface area contributed by atoms with Crippen LogP contribution >= 0.6 is 0 Å². The molecule has 0 atom stereocenters. The molecule has 0 spiro atoms. The standard InChI is InChI=1S/C20H17NO4/c22-17-11-10-14(12-18(17)23)19(24)13-21-16-8-4-5-9-20(16)25-15-6-2-1-3-7-15/h1-12,21-23H,13H2. The molecule has 0 bridgehead atoms. The van der Waals surface area contributed by atoms with Crippen molar-refractivity contribution >= 4 is 11.5 Å². The average Bonchev–Trinajstić information content (AvgIpc) is 2.64. The summed E-state index contributed by atoms with van der Waals surface area (Å²) in [4.78, 5) is 12.3. The molecule has 3 aromatic rings. The van der Waals surface area contributed by atoms with Crippen molar-refractivity contribution < 1.29 is 19.7 Å². The number of Topliss-reactive ketones (excluding diaryl/α,β-unsaturated/α-hetero) is 1. The van der Waals surface area contributed by atoms with Crippen LogP contribution in [0.15, 0.2) is 72.8 Å². The summed E-state index contributed by atoms with van der Waals surface area (Å²) in [6.45, 7) is 0.0272. The van der Waals surface area contributed by atoms with Gasteiger partial charge in [0.1, 0.15) is 5.75 Å². The number of carbonyl (C=O) groups is 1. The number of para-hydroxylation sites is 3. The van der Waals surface area contributed by atoms with E-state index in [-0.39, 0.29) is 23.8 Å². The van der Waals surface area contributed by atoms with E-state index in [2.05, 4.69) is 5.32 Å². The SMILES string of the molecule is O=C(CNc1ccccc1Oc1ccccc1)c1ccc(O)c(O)c1. The van der Waals surface area contributed by atoms with Crippen molar-refractivity contribution in [2.45, 2.75) is 0 Å². The van der Waals surface area contributed by atoms with E-state index >= 15 is 0 Å². The molecule has 25 heavy (non-hydrogen) atoms. The highest BCUT2D eigenvalue weighted by Crippen LogP contribution is 2.29. The van der Waals surface area contributed by atoms with Gasteiger partial charge in [0.2, 0.25) is 0 Å². The Morgan fingerprint density at radius 1 is 0.880 bits per heavy atom. The molecular weight excluding hydrogens is 318 g/mol. The summed E-state index contributed by atoms with van der Waals surface area (Å²) in [5.74, 6) is 0.510. The first-order valence-corrected chi connectivity index (χ1v) is 7.74. The molecule has 0 fully saturated rings. The maximum Gasteiger partial charge on any atom is 0.181 e. The summed E-state index contributed by atoms with van der Waals surface area (Å²) >= 11 is 0. The van der Waals surface area contributed by atoms with Gasteiger partial charge < -0.3 is 20.3 Å². The molecule has 0 saturated heterocycles. The van der Waals surface area contributed by atoms with E-state index in [1.165, 1.54) is 18.2 Å². The number of ether oxygens (including phenoxy) is 1. The quantitative estimate of drug-likeness (QED) is 0.465. The van der Waals surface area contributed by atoms with Gasteiger partial charge in [0.15, 0.2) is 23.0 Å². The minimum absolute atomic E-state index is 0.0272. The normalized spacial score (nSPS) is 10.2. The number of rotatable bonds is 6. The van der Waals surface area contributed by atoms with Gasteiger partial charge in [0.25, 0.3) is 0 Å². The van der Waals surface area contributed by atoms with E-state index < -0.39 is 0 Å². The average molecular weight is 335 g/mol. The third kappa shape index (κ3) is 4.09. The molecule has 0 heterocycles. The minimum atomic E-state index is -0.321. The summed E-state index contributed by atoms with van der Waals surface area (Å²) in [5, 5.41) is 21.9. The number of hydrogen-bond acceptors (Lipinski definition) is 5. The lowest BCUT2D eigenvalue weighted by Crippen LogP contribution is -2.14. The van der Waals surface area contributed by atoms with Gasteiger partial charge in [0.05, 0.1) is 12.2 Å². The third-order valence-corrected chi connectivity index (χ3v) is 3.59. The highest BCUT2D eigenvalue weighted by Gasteiger charge is 2.10. The molecule has 3 rings (SSSR count). The van der Waals surface area contributed by atoms with Crippen LogP contribution in [0.5, 0.6) is 23.0 Å². The van der Waals surface area contributed by atoms with Crippen molar-refractivity contribution in [3.63, 3.8) is 0 Å². The van der Waals surface area contributed by atoms with E-state index in [1.807, 2.05) is 54.6 Å². The Balaban J connectivity index is 1.70. The van der Waals surface area contributed by atoms with E-state index in [4.69, 9.17) is 4.74 Å². The smallest absolute Gasteiger partial charge is 0.181 e. The predicted octanol–water partition coefficient (Wildman–Crippen LogP) is 4.18. The Hall–Kier alpha value is -3.47. The largest absolute Gasteiger partial charge is 0.504 e. The molecule has 3 N–H and O–H groups in total.